The Labute approximate surface area is 115 Å². The number of nitrogens with one attached hydrogen (secondary N) is 1. The summed E-state index contributed by atoms with van der Waals surface area (Å²) in [5.74, 6) is -0.909. The van der Waals surface area contributed by atoms with Gasteiger partial charge in [-0.05, 0) is 31.5 Å². The highest BCUT2D eigenvalue weighted by Gasteiger charge is 2.21. The number of halogens is 1. The van der Waals surface area contributed by atoms with Gasteiger partial charge in [0.1, 0.15) is 11.1 Å². The first-order valence-electron chi connectivity index (χ1n) is 6.20. The molecule has 2 unspecified atom stereocenters. The molecule has 0 radical (unpaired) electrons. The van der Waals surface area contributed by atoms with E-state index in [2.05, 4.69) is 5.32 Å². The van der Waals surface area contributed by atoms with Gasteiger partial charge in [0.2, 0.25) is 5.91 Å². The topological polar surface area (TPSA) is 72.2 Å². The number of rotatable bonds is 6. The van der Waals surface area contributed by atoms with Crippen molar-refractivity contribution in [3.63, 3.8) is 0 Å². The third-order valence-corrected chi connectivity index (χ3v) is 4.30. The molecule has 0 aromatic heterocycles. The number of hydrogen-bond donors (Lipinski definition) is 2. The van der Waals surface area contributed by atoms with Crippen LogP contribution in [0.1, 0.15) is 26.7 Å². The van der Waals surface area contributed by atoms with E-state index in [1.165, 1.54) is 12.1 Å². The third-order valence-electron chi connectivity index (χ3n) is 2.72. The molecule has 1 rings (SSSR count). The summed E-state index contributed by atoms with van der Waals surface area (Å²) in [7, 11) is -1.59. The van der Waals surface area contributed by atoms with Gasteiger partial charge in [0.25, 0.3) is 0 Å². The van der Waals surface area contributed by atoms with E-state index in [4.69, 9.17) is 5.73 Å². The van der Waals surface area contributed by atoms with Crippen LogP contribution in [0.3, 0.4) is 0 Å². The van der Waals surface area contributed by atoms with Crippen LogP contribution in [0.4, 0.5) is 10.1 Å². The second-order valence-electron chi connectivity index (χ2n) is 4.27. The molecule has 2 atom stereocenters. The lowest BCUT2D eigenvalue weighted by atomic mass is 10.3. The van der Waals surface area contributed by atoms with Crippen LogP contribution in [-0.4, -0.2) is 21.9 Å². The molecule has 0 spiro atoms. The first kappa shape index (κ1) is 15.6. The van der Waals surface area contributed by atoms with E-state index in [-0.39, 0.29) is 16.5 Å². The fourth-order valence-corrected chi connectivity index (χ4v) is 2.57. The minimum atomic E-state index is -1.59. The molecular weight excluding hydrogens is 267 g/mol. The van der Waals surface area contributed by atoms with Crippen LogP contribution in [-0.2, 0) is 15.6 Å². The average molecular weight is 286 g/mol. The van der Waals surface area contributed by atoms with Crippen molar-refractivity contribution >= 4 is 22.4 Å². The Balaban J connectivity index is 2.70. The molecule has 0 saturated carbocycles. The zero-order chi connectivity index (χ0) is 14.4. The lowest BCUT2D eigenvalue weighted by Crippen LogP contribution is -2.36. The highest BCUT2D eigenvalue weighted by Crippen LogP contribution is 2.17. The standard InChI is InChI=1S/C13H19FN2O2S/c1-3-4-7-16-13(17)9(2)19(18)10-5-6-12(15)11(14)8-10/h5-6,8-9H,3-4,7,15H2,1-2H3,(H,16,17). The van der Waals surface area contributed by atoms with Crippen molar-refractivity contribution in [1.82, 2.24) is 5.32 Å². The second kappa shape index (κ2) is 7.23. The predicted molar refractivity (Wildman–Crippen MR) is 74.6 cm³/mol. The molecule has 1 amide bonds. The minimum absolute atomic E-state index is 0.000741. The van der Waals surface area contributed by atoms with Crippen LogP contribution >= 0.6 is 0 Å². The van der Waals surface area contributed by atoms with E-state index in [1.807, 2.05) is 6.92 Å². The van der Waals surface area contributed by atoms with E-state index in [0.717, 1.165) is 18.9 Å². The van der Waals surface area contributed by atoms with Gasteiger partial charge in [0, 0.05) is 11.4 Å². The van der Waals surface area contributed by atoms with Crippen molar-refractivity contribution in [2.75, 3.05) is 12.3 Å². The number of nitrogen functional groups attached to an aromatic ring is 1. The van der Waals surface area contributed by atoms with Crippen LogP contribution in [0.5, 0.6) is 0 Å². The maximum atomic E-state index is 13.3. The van der Waals surface area contributed by atoms with Crippen molar-refractivity contribution < 1.29 is 13.4 Å². The predicted octanol–water partition coefficient (Wildman–Crippen LogP) is 1.82. The lowest BCUT2D eigenvalue weighted by molar-refractivity contribution is -0.120. The smallest absolute Gasteiger partial charge is 0.235 e. The van der Waals surface area contributed by atoms with Crippen LogP contribution < -0.4 is 11.1 Å². The summed E-state index contributed by atoms with van der Waals surface area (Å²) in [5.41, 5.74) is 5.35. The number of anilines is 1. The summed E-state index contributed by atoms with van der Waals surface area (Å²) < 4.78 is 25.4. The molecule has 3 N–H and O–H groups in total. The highest BCUT2D eigenvalue weighted by molar-refractivity contribution is 7.86. The Hall–Kier alpha value is -1.43. The summed E-state index contributed by atoms with van der Waals surface area (Å²) in [4.78, 5) is 12.0. The molecular formula is C13H19FN2O2S. The van der Waals surface area contributed by atoms with Gasteiger partial charge in [-0.15, -0.1) is 0 Å². The molecule has 19 heavy (non-hydrogen) atoms. The number of carbonyl (C=O) groups excluding carboxylic acids is 1. The highest BCUT2D eigenvalue weighted by atomic mass is 32.2. The molecule has 0 aliphatic heterocycles. The van der Waals surface area contributed by atoms with Crippen molar-refractivity contribution in [2.45, 2.75) is 36.8 Å². The van der Waals surface area contributed by atoms with E-state index >= 15 is 0 Å². The molecule has 1 aromatic rings. The van der Waals surface area contributed by atoms with Gasteiger partial charge < -0.3 is 11.1 Å². The van der Waals surface area contributed by atoms with Crippen LogP contribution in [0.25, 0.3) is 0 Å². The number of nitrogens with two attached hydrogens (primary N) is 1. The SMILES string of the molecule is CCCCNC(=O)C(C)S(=O)c1ccc(N)c(F)c1. The van der Waals surface area contributed by atoms with Crippen molar-refractivity contribution in [3.8, 4) is 0 Å². The number of carbonyl (C=O) groups is 1. The minimum Gasteiger partial charge on any atom is -0.396 e. The Kier molecular flexibility index (Phi) is 5.95. The van der Waals surface area contributed by atoms with Crippen molar-refractivity contribution in [1.29, 1.82) is 0 Å². The van der Waals surface area contributed by atoms with Gasteiger partial charge in [-0.3, -0.25) is 9.00 Å². The fourth-order valence-electron chi connectivity index (χ4n) is 1.47. The monoisotopic (exact) mass is 286 g/mol. The Bertz CT molecular complexity index is 480. The Morgan fingerprint density at radius 1 is 1.53 bits per heavy atom. The quantitative estimate of drug-likeness (QED) is 0.619. The summed E-state index contributed by atoms with van der Waals surface area (Å²) >= 11 is 0. The maximum absolute atomic E-state index is 13.3. The second-order valence-corrected chi connectivity index (χ2v) is 6.04. The number of unbranched alkanes of at least 4 members (excludes halogenated alkanes) is 1. The third kappa shape index (κ3) is 4.31. The number of amides is 1. The molecule has 0 fully saturated rings. The van der Waals surface area contributed by atoms with Gasteiger partial charge in [0.05, 0.1) is 16.5 Å². The van der Waals surface area contributed by atoms with Crippen molar-refractivity contribution in [3.05, 3.63) is 24.0 Å². The van der Waals surface area contributed by atoms with E-state index in [9.17, 15) is 13.4 Å². The van der Waals surface area contributed by atoms with Gasteiger partial charge >= 0.3 is 0 Å². The summed E-state index contributed by atoms with van der Waals surface area (Å²) in [5, 5.41) is 1.99. The molecule has 0 aliphatic rings. The first-order chi connectivity index (χ1) is 8.97. The molecule has 0 saturated heterocycles. The van der Waals surface area contributed by atoms with Gasteiger partial charge in [-0.1, -0.05) is 13.3 Å². The Morgan fingerprint density at radius 3 is 2.79 bits per heavy atom. The van der Waals surface area contributed by atoms with Gasteiger partial charge in [-0.2, -0.15) is 0 Å². The van der Waals surface area contributed by atoms with Gasteiger partial charge in [-0.25, -0.2) is 4.39 Å². The summed E-state index contributed by atoms with van der Waals surface area (Å²) in [6, 6.07) is 3.94. The molecule has 6 heteroatoms. The summed E-state index contributed by atoms with van der Waals surface area (Å²) in [6.45, 7) is 4.14. The lowest BCUT2D eigenvalue weighted by Gasteiger charge is -2.12. The Morgan fingerprint density at radius 2 is 2.21 bits per heavy atom. The average Bonchev–Trinajstić information content (AvgIpc) is 2.40. The maximum Gasteiger partial charge on any atom is 0.235 e. The molecule has 0 heterocycles. The molecule has 1 aromatic carbocycles. The van der Waals surface area contributed by atoms with E-state index < -0.39 is 21.9 Å². The molecule has 0 bridgehead atoms. The summed E-state index contributed by atoms with van der Waals surface area (Å²) in [6.07, 6.45) is 1.85. The molecule has 106 valence electrons. The fraction of sp³-hybridized carbons (Fsp3) is 0.462. The number of hydrogen-bond acceptors (Lipinski definition) is 3. The van der Waals surface area contributed by atoms with E-state index in [1.54, 1.807) is 6.92 Å². The van der Waals surface area contributed by atoms with Crippen LogP contribution in [0, 0.1) is 5.82 Å². The largest absolute Gasteiger partial charge is 0.396 e. The normalized spacial score (nSPS) is 13.8. The number of benzene rings is 1. The van der Waals surface area contributed by atoms with Crippen LogP contribution in [0.2, 0.25) is 0 Å². The van der Waals surface area contributed by atoms with Crippen LogP contribution in [0.15, 0.2) is 23.1 Å². The van der Waals surface area contributed by atoms with Gasteiger partial charge in [0.15, 0.2) is 0 Å². The molecule has 4 nitrogen and oxygen atoms in total. The molecule has 0 aliphatic carbocycles. The van der Waals surface area contributed by atoms with Crippen molar-refractivity contribution in [2.24, 2.45) is 0 Å². The first-order valence-corrected chi connectivity index (χ1v) is 7.42. The van der Waals surface area contributed by atoms with E-state index in [0.29, 0.717) is 6.54 Å². The zero-order valence-corrected chi connectivity index (χ0v) is 11.9. The zero-order valence-electron chi connectivity index (χ0n) is 11.1.